The van der Waals surface area contributed by atoms with E-state index in [2.05, 4.69) is 10.3 Å². The highest BCUT2D eigenvalue weighted by Crippen LogP contribution is 2.30. The maximum absolute atomic E-state index is 12.4. The first-order valence-electron chi connectivity index (χ1n) is 7.06. The van der Waals surface area contributed by atoms with Crippen molar-refractivity contribution in [3.63, 3.8) is 0 Å². The molecular formula is C16H18N2O2S. The standard InChI is InChI=1S/C16H18N2O2S/c1-10-17-14-7-6-11(8-15(14)21-10)16(19)18-12-4-3-5-13(9-12)20-2/h3-5,9,11H,6-8H2,1-2H3,(H,18,19). The molecule has 0 fully saturated rings. The predicted molar refractivity (Wildman–Crippen MR) is 84.0 cm³/mol. The van der Waals surface area contributed by atoms with Crippen molar-refractivity contribution in [2.45, 2.75) is 26.2 Å². The molecule has 1 aromatic heterocycles. The number of anilines is 1. The molecule has 0 spiro atoms. The minimum absolute atomic E-state index is 0.0311. The molecule has 4 nitrogen and oxygen atoms in total. The quantitative estimate of drug-likeness (QED) is 0.947. The molecule has 1 unspecified atom stereocenters. The Morgan fingerprint density at radius 2 is 2.33 bits per heavy atom. The maximum atomic E-state index is 12.4. The predicted octanol–water partition coefficient (Wildman–Crippen LogP) is 3.20. The Morgan fingerprint density at radius 1 is 1.48 bits per heavy atom. The number of aromatic nitrogens is 1. The third-order valence-corrected chi connectivity index (χ3v) is 4.79. The molecule has 0 saturated heterocycles. The zero-order valence-electron chi connectivity index (χ0n) is 12.2. The van der Waals surface area contributed by atoms with Gasteiger partial charge in [0.1, 0.15) is 5.75 Å². The lowest BCUT2D eigenvalue weighted by Gasteiger charge is -2.20. The molecule has 1 aromatic carbocycles. The Hall–Kier alpha value is -1.88. The summed E-state index contributed by atoms with van der Waals surface area (Å²) in [6, 6.07) is 7.46. The number of hydrogen-bond acceptors (Lipinski definition) is 4. The number of aryl methyl sites for hydroxylation is 2. The number of nitrogens with zero attached hydrogens (tertiary/aromatic N) is 1. The number of hydrogen-bond donors (Lipinski definition) is 1. The first-order valence-corrected chi connectivity index (χ1v) is 7.87. The monoisotopic (exact) mass is 302 g/mol. The molecule has 5 heteroatoms. The third kappa shape index (κ3) is 3.08. The van der Waals surface area contributed by atoms with E-state index in [1.807, 2.05) is 31.2 Å². The van der Waals surface area contributed by atoms with Gasteiger partial charge in [0.25, 0.3) is 0 Å². The van der Waals surface area contributed by atoms with Gasteiger partial charge < -0.3 is 10.1 Å². The van der Waals surface area contributed by atoms with Gasteiger partial charge >= 0.3 is 0 Å². The largest absolute Gasteiger partial charge is 0.497 e. The van der Waals surface area contributed by atoms with Crippen LogP contribution in [0.15, 0.2) is 24.3 Å². The number of carbonyl (C=O) groups excluding carboxylic acids is 1. The van der Waals surface area contributed by atoms with Crippen LogP contribution < -0.4 is 10.1 Å². The number of fused-ring (bicyclic) bond motifs is 1. The summed E-state index contributed by atoms with van der Waals surface area (Å²) < 4.78 is 5.17. The highest BCUT2D eigenvalue weighted by atomic mass is 32.1. The van der Waals surface area contributed by atoms with Gasteiger partial charge in [-0.05, 0) is 38.3 Å². The zero-order valence-corrected chi connectivity index (χ0v) is 13.0. The molecule has 2 aromatic rings. The van der Waals surface area contributed by atoms with E-state index in [9.17, 15) is 4.79 Å². The van der Waals surface area contributed by atoms with Crippen LogP contribution in [0.3, 0.4) is 0 Å². The van der Waals surface area contributed by atoms with E-state index >= 15 is 0 Å². The van der Waals surface area contributed by atoms with Crippen LogP contribution in [0.5, 0.6) is 5.75 Å². The zero-order chi connectivity index (χ0) is 14.8. The molecule has 0 saturated carbocycles. The van der Waals surface area contributed by atoms with Crippen LogP contribution in [-0.2, 0) is 17.6 Å². The van der Waals surface area contributed by atoms with E-state index in [1.54, 1.807) is 18.4 Å². The average molecular weight is 302 g/mol. The Morgan fingerprint density at radius 3 is 3.14 bits per heavy atom. The van der Waals surface area contributed by atoms with Crippen molar-refractivity contribution < 1.29 is 9.53 Å². The average Bonchev–Trinajstić information content (AvgIpc) is 2.86. The van der Waals surface area contributed by atoms with Gasteiger partial charge in [-0.1, -0.05) is 6.07 Å². The molecule has 1 N–H and O–H groups in total. The Balaban J connectivity index is 1.69. The molecule has 21 heavy (non-hydrogen) atoms. The molecule has 0 radical (unpaired) electrons. The molecule has 3 rings (SSSR count). The molecule has 110 valence electrons. The number of thiazole rings is 1. The minimum atomic E-state index is 0.0311. The van der Waals surface area contributed by atoms with Crippen molar-refractivity contribution >= 4 is 22.9 Å². The van der Waals surface area contributed by atoms with E-state index in [-0.39, 0.29) is 11.8 Å². The van der Waals surface area contributed by atoms with E-state index in [0.717, 1.165) is 35.7 Å². The molecule has 0 bridgehead atoms. The van der Waals surface area contributed by atoms with Gasteiger partial charge in [0.2, 0.25) is 5.91 Å². The van der Waals surface area contributed by atoms with Gasteiger partial charge in [0.05, 0.1) is 17.8 Å². The highest BCUT2D eigenvalue weighted by molar-refractivity contribution is 7.11. The summed E-state index contributed by atoms with van der Waals surface area (Å²) in [7, 11) is 1.62. The number of benzene rings is 1. The summed E-state index contributed by atoms with van der Waals surface area (Å²) in [4.78, 5) is 18.2. The summed E-state index contributed by atoms with van der Waals surface area (Å²) in [6.07, 6.45) is 2.57. The second-order valence-electron chi connectivity index (χ2n) is 5.26. The van der Waals surface area contributed by atoms with Crippen molar-refractivity contribution in [1.29, 1.82) is 0 Å². The van der Waals surface area contributed by atoms with Gasteiger partial charge in [-0.15, -0.1) is 11.3 Å². The maximum Gasteiger partial charge on any atom is 0.227 e. The van der Waals surface area contributed by atoms with Gasteiger partial charge in [-0.25, -0.2) is 4.98 Å². The number of amides is 1. The lowest BCUT2D eigenvalue weighted by Crippen LogP contribution is -2.27. The van der Waals surface area contributed by atoms with Crippen LogP contribution >= 0.6 is 11.3 Å². The second kappa shape index (κ2) is 5.85. The number of rotatable bonds is 3. The summed E-state index contributed by atoms with van der Waals surface area (Å²) >= 11 is 1.71. The molecule has 0 aliphatic heterocycles. The molecule has 1 amide bonds. The van der Waals surface area contributed by atoms with E-state index in [4.69, 9.17) is 4.74 Å². The fourth-order valence-corrected chi connectivity index (χ4v) is 3.74. The lowest BCUT2D eigenvalue weighted by molar-refractivity contribution is -0.120. The summed E-state index contributed by atoms with van der Waals surface area (Å²) in [5.41, 5.74) is 1.97. The minimum Gasteiger partial charge on any atom is -0.497 e. The van der Waals surface area contributed by atoms with Crippen LogP contribution in [-0.4, -0.2) is 18.0 Å². The SMILES string of the molecule is COc1cccc(NC(=O)C2CCc3nc(C)sc3C2)c1. The third-order valence-electron chi connectivity index (χ3n) is 3.75. The molecule has 1 heterocycles. The summed E-state index contributed by atoms with van der Waals surface area (Å²) in [5, 5.41) is 4.08. The van der Waals surface area contributed by atoms with Gasteiger partial charge in [0.15, 0.2) is 0 Å². The Labute approximate surface area is 128 Å². The second-order valence-corrected chi connectivity index (χ2v) is 6.55. The smallest absolute Gasteiger partial charge is 0.227 e. The lowest BCUT2D eigenvalue weighted by atomic mass is 9.90. The van der Waals surface area contributed by atoms with Gasteiger partial charge in [-0.2, -0.15) is 0 Å². The highest BCUT2D eigenvalue weighted by Gasteiger charge is 2.27. The molecule has 1 atom stereocenters. The van der Waals surface area contributed by atoms with Crippen molar-refractivity contribution in [2.24, 2.45) is 5.92 Å². The van der Waals surface area contributed by atoms with Crippen molar-refractivity contribution in [3.8, 4) is 5.75 Å². The Bertz CT molecular complexity index is 666. The van der Waals surface area contributed by atoms with Crippen LogP contribution in [0.2, 0.25) is 0 Å². The summed E-state index contributed by atoms with van der Waals surface area (Å²) in [6.45, 7) is 2.02. The van der Waals surface area contributed by atoms with Crippen molar-refractivity contribution in [3.05, 3.63) is 39.8 Å². The van der Waals surface area contributed by atoms with Crippen LogP contribution in [0.1, 0.15) is 22.0 Å². The molecule has 1 aliphatic carbocycles. The first kappa shape index (κ1) is 14.1. The number of nitrogens with one attached hydrogen (secondary N) is 1. The fraction of sp³-hybridized carbons (Fsp3) is 0.375. The van der Waals surface area contributed by atoms with Crippen LogP contribution in [0.25, 0.3) is 0 Å². The normalized spacial score (nSPS) is 17.1. The molecular weight excluding hydrogens is 284 g/mol. The fourth-order valence-electron chi connectivity index (χ4n) is 2.67. The Kier molecular flexibility index (Phi) is 3.92. The van der Waals surface area contributed by atoms with Crippen molar-refractivity contribution in [1.82, 2.24) is 4.98 Å². The number of ether oxygens (including phenoxy) is 1. The van der Waals surface area contributed by atoms with Crippen LogP contribution in [0.4, 0.5) is 5.69 Å². The first-order chi connectivity index (χ1) is 10.2. The number of methoxy groups -OCH3 is 1. The van der Waals surface area contributed by atoms with E-state index in [1.165, 1.54) is 10.6 Å². The van der Waals surface area contributed by atoms with Gasteiger partial charge in [-0.3, -0.25) is 4.79 Å². The van der Waals surface area contributed by atoms with Gasteiger partial charge in [0, 0.05) is 22.5 Å². The van der Waals surface area contributed by atoms with Crippen molar-refractivity contribution in [2.75, 3.05) is 12.4 Å². The topological polar surface area (TPSA) is 51.2 Å². The van der Waals surface area contributed by atoms with E-state index < -0.39 is 0 Å². The number of carbonyl (C=O) groups is 1. The van der Waals surface area contributed by atoms with E-state index in [0.29, 0.717) is 0 Å². The summed E-state index contributed by atoms with van der Waals surface area (Å²) in [5.74, 6) is 0.861. The molecule has 1 aliphatic rings. The van der Waals surface area contributed by atoms with Crippen LogP contribution in [0, 0.1) is 12.8 Å².